The van der Waals surface area contributed by atoms with Gasteiger partial charge in [-0.2, -0.15) is 4.39 Å². The highest BCUT2D eigenvalue weighted by atomic mass is 19.1. The van der Waals surface area contributed by atoms with Crippen molar-refractivity contribution in [3.05, 3.63) is 27.7 Å². The molecule has 1 amide bonds. The molecule has 2 heterocycles. The molecule has 21 heavy (non-hydrogen) atoms. The van der Waals surface area contributed by atoms with Crippen molar-refractivity contribution in [1.29, 1.82) is 0 Å². The van der Waals surface area contributed by atoms with Gasteiger partial charge in [0.2, 0.25) is 11.7 Å². The van der Waals surface area contributed by atoms with Crippen LogP contribution in [-0.2, 0) is 4.79 Å². The van der Waals surface area contributed by atoms with Crippen LogP contribution in [0.1, 0.15) is 56.1 Å². The van der Waals surface area contributed by atoms with E-state index in [0.29, 0.717) is 12.4 Å². The molecule has 2 fully saturated rings. The smallest absolute Gasteiger partial charge is 0.287 e. The Hall–Kier alpha value is -1.72. The van der Waals surface area contributed by atoms with Crippen LogP contribution in [0.3, 0.4) is 0 Å². The van der Waals surface area contributed by atoms with E-state index in [1.165, 1.54) is 6.92 Å². The molecule has 1 N–H and O–H groups in total. The summed E-state index contributed by atoms with van der Waals surface area (Å²) in [5, 5.41) is 0. The fourth-order valence-corrected chi connectivity index (χ4v) is 3.47. The van der Waals surface area contributed by atoms with Crippen molar-refractivity contribution in [1.82, 2.24) is 14.9 Å². The van der Waals surface area contributed by atoms with Gasteiger partial charge in [0.1, 0.15) is 5.82 Å². The first-order valence-electron chi connectivity index (χ1n) is 7.64. The predicted molar refractivity (Wildman–Crippen MR) is 75.2 cm³/mol. The number of rotatable bonds is 2. The Morgan fingerprint density at radius 1 is 1.29 bits per heavy atom. The van der Waals surface area contributed by atoms with Crippen LogP contribution in [0.25, 0.3) is 0 Å². The highest BCUT2D eigenvalue weighted by Gasteiger charge is 2.36. The molecule has 6 heteroatoms. The summed E-state index contributed by atoms with van der Waals surface area (Å²) in [4.78, 5) is 32.6. The van der Waals surface area contributed by atoms with Crippen LogP contribution >= 0.6 is 0 Å². The van der Waals surface area contributed by atoms with Gasteiger partial charge < -0.3 is 9.88 Å². The van der Waals surface area contributed by atoms with Crippen molar-refractivity contribution < 1.29 is 9.18 Å². The summed E-state index contributed by atoms with van der Waals surface area (Å²) in [6.45, 7) is 2.17. The van der Waals surface area contributed by atoms with Crippen molar-refractivity contribution in [2.45, 2.75) is 51.5 Å². The number of aromatic amines is 1. The van der Waals surface area contributed by atoms with Gasteiger partial charge in [-0.15, -0.1) is 0 Å². The highest BCUT2D eigenvalue weighted by molar-refractivity contribution is 5.79. The lowest BCUT2D eigenvalue weighted by atomic mass is 10.1. The zero-order chi connectivity index (χ0) is 15.0. The molecule has 2 aliphatic rings. The maximum absolute atomic E-state index is 13.4. The molecule has 1 atom stereocenters. The molecule has 0 bridgehead atoms. The molecule has 0 aromatic carbocycles. The SMILES string of the molecule is Cc1nc([C@@H]2CCCN2C(=O)C2CCCC2)[nH]c(=O)c1F. The maximum Gasteiger partial charge on any atom is 0.287 e. The Morgan fingerprint density at radius 2 is 2.00 bits per heavy atom. The Kier molecular flexibility index (Phi) is 3.78. The van der Waals surface area contributed by atoms with Crippen LogP contribution in [-0.4, -0.2) is 27.3 Å². The molecule has 1 saturated carbocycles. The summed E-state index contributed by atoms with van der Waals surface area (Å²) < 4.78 is 13.4. The molecule has 0 radical (unpaired) electrons. The van der Waals surface area contributed by atoms with Crippen LogP contribution in [0, 0.1) is 18.7 Å². The molecule has 5 nitrogen and oxygen atoms in total. The lowest BCUT2D eigenvalue weighted by molar-refractivity contribution is -0.136. The minimum Gasteiger partial charge on any atom is -0.332 e. The van der Waals surface area contributed by atoms with Gasteiger partial charge in [0.25, 0.3) is 5.56 Å². The Labute approximate surface area is 122 Å². The quantitative estimate of drug-likeness (QED) is 0.907. The number of hydrogen-bond donors (Lipinski definition) is 1. The summed E-state index contributed by atoms with van der Waals surface area (Å²) in [5.41, 5.74) is -0.661. The third-order valence-electron chi connectivity index (χ3n) is 4.60. The summed E-state index contributed by atoms with van der Waals surface area (Å²) in [7, 11) is 0. The molecule has 1 aromatic rings. The van der Waals surface area contributed by atoms with Crippen LogP contribution < -0.4 is 5.56 Å². The van der Waals surface area contributed by atoms with Gasteiger partial charge >= 0.3 is 0 Å². The number of amides is 1. The number of H-pyrrole nitrogens is 1. The first-order valence-corrected chi connectivity index (χ1v) is 7.64. The van der Waals surface area contributed by atoms with Gasteiger partial charge in [-0.05, 0) is 32.6 Å². The Morgan fingerprint density at radius 3 is 2.67 bits per heavy atom. The monoisotopic (exact) mass is 293 g/mol. The molecule has 0 unspecified atom stereocenters. The van der Waals surface area contributed by atoms with Gasteiger partial charge in [0, 0.05) is 12.5 Å². The van der Waals surface area contributed by atoms with Gasteiger partial charge in [-0.1, -0.05) is 12.8 Å². The highest BCUT2D eigenvalue weighted by Crippen LogP contribution is 2.34. The van der Waals surface area contributed by atoms with Crippen molar-refractivity contribution in [3.63, 3.8) is 0 Å². The molecular weight excluding hydrogens is 273 g/mol. The van der Waals surface area contributed by atoms with Crippen molar-refractivity contribution in [2.24, 2.45) is 5.92 Å². The van der Waals surface area contributed by atoms with Gasteiger partial charge in [-0.25, -0.2) is 4.98 Å². The minimum absolute atomic E-state index is 0.0916. The number of carbonyl (C=O) groups excluding carboxylic acids is 1. The van der Waals surface area contributed by atoms with Gasteiger partial charge in [0.15, 0.2) is 0 Å². The average Bonchev–Trinajstić information content (AvgIpc) is 3.14. The van der Waals surface area contributed by atoms with E-state index in [4.69, 9.17) is 0 Å². The number of nitrogens with one attached hydrogen (secondary N) is 1. The first-order chi connectivity index (χ1) is 10.1. The van der Waals surface area contributed by atoms with E-state index in [-0.39, 0.29) is 23.6 Å². The molecule has 0 spiro atoms. The molecule has 114 valence electrons. The van der Waals surface area contributed by atoms with Crippen LogP contribution in [0.2, 0.25) is 0 Å². The van der Waals surface area contributed by atoms with Crippen molar-refractivity contribution in [2.75, 3.05) is 6.54 Å². The number of likely N-dealkylation sites (tertiary alicyclic amines) is 1. The van der Waals surface area contributed by atoms with Gasteiger partial charge in [0.05, 0.1) is 11.7 Å². The summed E-state index contributed by atoms with van der Waals surface area (Å²) >= 11 is 0. The van der Waals surface area contributed by atoms with Crippen molar-refractivity contribution >= 4 is 5.91 Å². The second-order valence-electron chi connectivity index (χ2n) is 6.02. The predicted octanol–water partition coefficient (Wildman–Crippen LogP) is 2.07. The molecule has 1 aromatic heterocycles. The molecule has 1 aliphatic heterocycles. The number of nitrogens with zero attached hydrogens (tertiary/aromatic N) is 2. The number of halogens is 1. The second kappa shape index (κ2) is 5.58. The third-order valence-corrected chi connectivity index (χ3v) is 4.60. The first kappa shape index (κ1) is 14.2. The van der Waals surface area contributed by atoms with E-state index < -0.39 is 11.4 Å². The normalized spacial score (nSPS) is 23.0. The molecular formula is C15H20FN3O2. The molecule has 3 rings (SSSR count). The second-order valence-corrected chi connectivity index (χ2v) is 6.02. The van der Waals surface area contributed by atoms with E-state index in [9.17, 15) is 14.0 Å². The molecule has 1 saturated heterocycles. The van der Waals surface area contributed by atoms with Crippen LogP contribution in [0.5, 0.6) is 0 Å². The fraction of sp³-hybridized carbons (Fsp3) is 0.667. The largest absolute Gasteiger partial charge is 0.332 e. The summed E-state index contributed by atoms with van der Waals surface area (Å²) in [5.74, 6) is -0.147. The number of aryl methyl sites for hydroxylation is 1. The Balaban J connectivity index is 1.87. The Bertz CT molecular complexity index is 607. The fourth-order valence-electron chi connectivity index (χ4n) is 3.47. The molecule has 1 aliphatic carbocycles. The number of carbonyl (C=O) groups is 1. The van der Waals surface area contributed by atoms with Crippen LogP contribution in [0.4, 0.5) is 4.39 Å². The average molecular weight is 293 g/mol. The van der Waals surface area contributed by atoms with E-state index in [2.05, 4.69) is 9.97 Å². The topological polar surface area (TPSA) is 66.1 Å². The lowest BCUT2D eigenvalue weighted by Crippen LogP contribution is -2.36. The van der Waals surface area contributed by atoms with Gasteiger partial charge in [-0.3, -0.25) is 9.59 Å². The number of aromatic nitrogens is 2. The summed E-state index contributed by atoms with van der Waals surface area (Å²) in [6, 6.07) is -0.218. The summed E-state index contributed by atoms with van der Waals surface area (Å²) in [6.07, 6.45) is 5.79. The zero-order valence-electron chi connectivity index (χ0n) is 12.2. The van der Waals surface area contributed by atoms with E-state index in [1.54, 1.807) is 0 Å². The van der Waals surface area contributed by atoms with E-state index >= 15 is 0 Å². The van der Waals surface area contributed by atoms with Crippen molar-refractivity contribution in [3.8, 4) is 0 Å². The maximum atomic E-state index is 13.4. The zero-order valence-corrected chi connectivity index (χ0v) is 12.2. The number of hydrogen-bond acceptors (Lipinski definition) is 3. The van der Waals surface area contributed by atoms with Crippen LogP contribution in [0.15, 0.2) is 4.79 Å². The minimum atomic E-state index is -0.842. The van der Waals surface area contributed by atoms with E-state index in [0.717, 1.165) is 38.5 Å². The third kappa shape index (κ3) is 2.59. The van der Waals surface area contributed by atoms with E-state index in [1.807, 2.05) is 4.90 Å². The standard InChI is InChI=1S/C15H20FN3O2/c1-9-12(16)14(20)18-13(17-9)11-7-4-8-19(11)15(21)10-5-2-3-6-10/h10-11H,2-8H2,1H3,(H,17,18,20)/t11-/m0/s1. The lowest BCUT2D eigenvalue weighted by Gasteiger charge is -2.26.